The van der Waals surface area contributed by atoms with E-state index >= 15 is 0 Å². The zero-order valence-corrected chi connectivity index (χ0v) is 15.1. The number of amides is 1. The Morgan fingerprint density at radius 3 is 2.68 bits per heavy atom. The smallest absolute Gasteiger partial charge is 0.405 e. The van der Waals surface area contributed by atoms with Gasteiger partial charge in [0, 0.05) is 12.2 Å². The van der Waals surface area contributed by atoms with E-state index in [0.29, 0.717) is 6.54 Å². The zero-order valence-electron chi connectivity index (χ0n) is 12.8. The first kappa shape index (κ1) is 17.8. The first-order valence-electron chi connectivity index (χ1n) is 7.30. The standard InChI is InChI=1S/C16H12Cl3N3O3/c17-11-13(20)12(18)15(19)21-14(11)16(24)25-7-10(23)22-6-5-8-3-1-2-4-9(8)22/h1-4H,5-7H2,(H2,20,21)/p+1. The Morgan fingerprint density at radius 1 is 1.20 bits per heavy atom. The molecule has 3 N–H and O–H groups in total. The number of halogens is 3. The molecule has 0 unspecified atom stereocenters. The maximum atomic E-state index is 12.4. The van der Waals surface area contributed by atoms with Gasteiger partial charge in [0.05, 0.1) is 5.69 Å². The summed E-state index contributed by atoms with van der Waals surface area (Å²) in [6.07, 6.45) is 0.763. The van der Waals surface area contributed by atoms with Crippen LogP contribution < -0.4 is 15.6 Å². The number of esters is 1. The summed E-state index contributed by atoms with van der Waals surface area (Å²) >= 11 is 17.7. The number of nitrogen functional groups attached to an aromatic ring is 1. The number of hydrogen-bond donors (Lipinski definition) is 1. The number of aromatic nitrogens is 1. The summed E-state index contributed by atoms with van der Waals surface area (Å²) in [4.78, 5) is 28.6. The molecule has 1 amide bonds. The van der Waals surface area contributed by atoms with Gasteiger partial charge in [-0.15, -0.1) is 0 Å². The van der Waals surface area contributed by atoms with Crippen molar-refractivity contribution >= 4 is 58.1 Å². The molecule has 6 nitrogen and oxygen atoms in total. The molecule has 0 saturated carbocycles. The third-order valence-electron chi connectivity index (χ3n) is 3.84. The molecule has 1 aromatic carbocycles. The fourth-order valence-electron chi connectivity index (χ4n) is 2.58. The van der Waals surface area contributed by atoms with Gasteiger partial charge in [-0.05, 0) is 29.7 Å². The third kappa shape index (κ3) is 3.38. The molecule has 0 bridgehead atoms. The number of pyridine rings is 1. The van der Waals surface area contributed by atoms with Gasteiger partial charge in [0.1, 0.15) is 10.0 Å². The van der Waals surface area contributed by atoms with E-state index in [1.54, 1.807) is 4.90 Å². The van der Waals surface area contributed by atoms with Crippen LogP contribution in [0, 0.1) is 0 Å². The number of hydrogen-bond acceptors (Lipinski definition) is 4. The van der Waals surface area contributed by atoms with E-state index in [4.69, 9.17) is 45.3 Å². The summed E-state index contributed by atoms with van der Waals surface area (Å²) in [5.74, 6) is -1.18. The van der Waals surface area contributed by atoms with Crippen molar-refractivity contribution in [3.63, 3.8) is 0 Å². The lowest BCUT2D eigenvalue weighted by molar-refractivity contribution is -0.380. The minimum absolute atomic E-state index is 0.00738. The molecule has 1 aliphatic heterocycles. The number of benzene rings is 1. The zero-order chi connectivity index (χ0) is 18.1. The second-order valence-electron chi connectivity index (χ2n) is 5.36. The number of para-hydroxylation sites is 1. The number of nitrogens with zero attached hydrogens (tertiary/aromatic N) is 1. The molecular formula is C16H13Cl3N3O3+. The van der Waals surface area contributed by atoms with E-state index in [-0.39, 0.29) is 32.5 Å². The Balaban J connectivity index is 1.70. The number of carbonyl (C=O) groups is 2. The van der Waals surface area contributed by atoms with Crippen molar-refractivity contribution in [1.82, 2.24) is 0 Å². The molecule has 0 saturated heterocycles. The number of H-pyrrole nitrogens is 1. The Morgan fingerprint density at radius 2 is 1.92 bits per heavy atom. The Kier molecular flexibility index (Phi) is 5.03. The minimum Gasteiger partial charge on any atom is -0.448 e. The highest BCUT2D eigenvalue weighted by molar-refractivity contribution is 6.45. The fraction of sp³-hybridized carbons (Fsp3) is 0.188. The number of anilines is 2. The highest BCUT2D eigenvalue weighted by Crippen LogP contribution is 2.32. The molecule has 0 fully saturated rings. The molecule has 2 heterocycles. The third-order valence-corrected chi connectivity index (χ3v) is 5.00. The molecule has 0 atom stereocenters. The minimum atomic E-state index is -0.851. The number of nitrogens with two attached hydrogens (primary N) is 1. The molecule has 3 rings (SSSR count). The van der Waals surface area contributed by atoms with Gasteiger partial charge < -0.3 is 15.4 Å². The predicted molar refractivity (Wildman–Crippen MR) is 95.2 cm³/mol. The highest BCUT2D eigenvalue weighted by Gasteiger charge is 2.29. The van der Waals surface area contributed by atoms with Gasteiger partial charge in [-0.2, -0.15) is 4.98 Å². The fourth-order valence-corrected chi connectivity index (χ4v) is 3.19. The SMILES string of the molecule is Nc1c(Cl)c(Cl)[nH+]c(C(=O)OCC(=O)N2CCc3ccccc32)c1Cl. The van der Waals surface area contributed by atoms with Crippen molar-refractivity contribution in [2.75, 3.05) is 23.8 Å². The molecule has 25 heavy (non-hydrogen) atoms. The average Bonchev–Trinajstić information content (AvgIpc) is 3.04. The molecule has 1 aromatic heterocycles. The van der Waals surface area contributed by atoms with E-state index in [9.17, 15) is 9.59 Å². The second kappa shape index (κ2) is 7.07. The highest BCUT2D eigenvalue weighted by atomic mass is 35.5. The molecule has 9 heteroatoms. The Bertz CT molecular complexity index is 873. The van der Waals surface area contributed by atoms with E-state index in [1.165, 1.54) is 0 Å². The summed E-state index contributed by atoms with van der Waals surface area (Å²) < 4.78 is 5.04. The molecule has 0 spiro atoms. The van der Waals surface area contributed by atoms with Gasteiger partial charge in [0.25, 0.3) is 11.1 Å². The summed E-state index contributed by atoms with van der Waals surface area (Å²) in [5, 5.41) is -0.151. The van der Waals surface area contributed by atoms with Gasteiger partial charge in [-0.25, -0.2) is 4.79 Å². The quantitative estimate of drug-likeness (QED) is 0.633. The van der Waals surface area contributed by atoms with E-state index in [0.717, 1.165) is 17.7 Å². The topological polar surface area (TPSA) is 86.8 Å². The maximum absolute atomic E-state index is 12.4. The summed E-state index contributed by atoms with van der Waals surface area (Å²) in [6, 6.07) is 7.58. The molecule has 2 aromatic rings. The summed E-state index contributed by atoms with van der Waals surface area (Å²) in [6.45, 7) is 0.111. The maximum Gasteiger partial charge on any atom is 0.405 e. The van der Waals surface area contributed by atoms with Crippen LogP contribution in [-0.2, 0) is 16.0 Å². The number of rotatable bonds is 3. The van der Waals surface area contributed by atoms with Crippen LogP contribution in [0.25, 0.3) is 0 Å². The van der Waals surface area contributed by atoms with Crippen molar-refractivity contribution in [2.24, 2.45) is 0 Å². The molecule has 0 radical (unpaired) electrons. The van der Waals surface area contributed by atoms with Crippen molar-refractivity contribution in [1.29, 1.82) is 0 Å². The normalized spacial score (nSPS) is 12.8. The summed E-state index contributed by atoms with van der Waals surface area (Å²) in [5.41, 5.74) is 7.38. The van der Waals surface area contributed by atoms with E-state index < -0.39 is 12.6 Å². The molecular weight excluding hydrogens is 389 g/mol. The molecule has 0 aliphatic carbocycles. The van der Waals surface area contributed by atoms with Crippen LogP contribution >= 0.6 is 34.8 Å². The lowest BCUT2D eigenvalue weighted by atomic mass is 10.2. The number of ether oxygens (including phenoxy) is 1. The van der Waals surface area contributed by atoms with Gasteiger partial charge in [-0.3, -0.25) is 4.79 Å². The van der Waals surface area contributed by atoms with Crippen LogP contribution in [-0.4, -0.2) is 25.0 Å². The van der Waals surface area contributed by atoms with Crippen LogP contribution in [0.1, 0.15) is 16.1 Å². The Hall–Kier alpha value is -2.02. The second-order valence-corrected chi connectivity index (χ2v) is 6.49. The lowest BCUT2D eigenvalue weighted by Gasteiger charge is -2.16. The van der Waals surface area contributed by atoms with Crippen molar-refractivity contribution in [2.45, 2.75) is 6.42 Å². The van der Waals surface area contributed by atoms with Gasteiger partial charge in [-0.1, -0.05) is 41.4 Å². The van der Waals surface area contributed by atoms with Gasteiger partial charge >= 0.3 is 11.7 Å². The number of aromatic amines is 1. The van der Waals surface area contributed by atoms with E-state index in [1.807, 2.05) is 24.3 Å². The lowest BCUT2D eigenvalue weighted by Crippen LogP contribution is -2.34. The van der Waals surface area contributed by atoms with E-state index in [2.05, 4.69) is 4.98 Å². The van der Waals surface area contributed by atoms with Gasteiger partial charge in [0.15, 0.2) is 6.61 Å². The molecule has 1 aliphatic rings. The first-order valence-corrected chi connectivity index (χ1v) is 8.44. The monoisotopic (exact) mass is 400 g/mol. The van der Waals surface area contributed by atoms with Crippen LogP contribution in [0.5, 0.6) is 0 Å². The largest absolute Gasteiger partial charge is 0.448 e. The Labute approximate surface area is 158 Å². The number of carbonyl (C=O) groups excluding carboxylic acids is 2. The van der Waals surface area contributed by atoms with Crippen molar-refractivity contribution in [3.05, 3.63) is 50.7 Å². The van der Waals surface area contributed by atoms with Crippen LogP contribution in [0.3, 0.4) is 0 Å². The van der Waals surface area contributed by atoms with Crippen LogP contribution in [0.4, 0.5) is 11.4 Å². The van der Waals surface area contributed by atoms with Crippen molar-refractivity contribution < 1.29 is 19.3 Å². The number of nitrogens with one attached hydrogen (secondary N) is 1. The molecule has 130 valence electrons. The first-order chi connectivity index (χ1) is 11.9. The summed E-state index contributed by atoms with van der Waals surface area (Å²) in [7, 11) is 0. The van der Waals surface area contributed by atoms with Gasteiger partial charge in [0.2, 0.25) is 0 Å². The van der Waals surface area contributed by atoms with Crippen LogP contribution in [0.2, 0.25) is 15.2 Å². The number of fused-ring (bicyclic) bond motifs is 1. The predicted octanol–water partition coefficient (Wildman–Crippen LogP) is 2.79. The van der Waals surface area contributed by atoms with Crippen molar-refractivity contribution in [3.8, 4) is 0 Å². The van der Waals surface area contributed by atoms with Crippen LogP contribution in [0.15, 0.2) is 24.3 Å². The average molecular weight is 402 g/mol.